The fourth-order valence-corrected chi connectivity index (χ4v) is 5.16. The lowest BCUT2D eigenvalue weighted by Crippen LogP contribution is -2.31. The number of rotatable bonds is 9. The highest BCUT2D eigenvalue weighted by atomic mass is 32.2. The van der Waals surface area contributed by atoms with Crippen LogP contribution in [0.1, 0.15) is 46.6 Å². The summed E-state index contributed by atoms with van der Waals surface area (Å²) in [6.45, 7) is 12.2. The number of carbonyl (C=O) groups excluding carboxylic acids is 1. The fourth-order valence-electron chi connectivity index (χ4n) is 4.18. The molecule has 0 aliphatic rings. The fraction of sp³-hybridized carbons (Fsp3) is 0.258. The number of hydrogen-bond acceptors (Lipinski definition) is 7. The number of amides is 1. The average molecular weight is 560 g/mol. The summed E-state index contributed by atoms with van der Waals surface area (Å²) in [5, 5.41) is -0.253. The first-order chi connectivity index (χ1) is 18.9. The Balaban J connectivity index is 1.75. The Labute approximate surface area is 235 Å². The molecule has 0 aliphatic heterocycles. The van der Waals surface area contributed by atoms with Crippen molar-refractivity contribution in [1.29, 1.82) is 0 Å². The number of sulfonamides is 1. The van der Waals surface area contributed by atoms with Crippen molar-refractivity contribution in [3.05, 3.63) is 94.7 Å². The van der Waals surface area contributed by atoms with Crippen LogP contribution in [-0.4, -0.2) is 30.9 Å². The third-order valence-corrected chi connectivity index (χ3v) is 7.22. The molecular formula is C31H33N3O5S. The predicted octanol–water partition coefficient (Wildman–Crippen LogP) is 6.32. The minimum Gasteiger partial charge on any atom is -0.493 e. The summed E-state index contributed by atoms with van der Waals surface area (Å²) in [5.74, 6) is 0.701. The van der Waals surface area contributed by atoms with E-state index in [1.165, 1.54) is 12.1 Å². The topological polar surface area (TPSA) is 107 Å². The molecule has 0 spiro atoms. The van der Waals surface area contributed by atoms with E-state index in [1.54, 1.807) is 25.1 Å². The molecule has 1 amide bonds. The van der Waals surface area contributed by atoms with Gasteiger partial charge in [0.1, 0.15) is 17.1 Å². The second kappa shape index (κ2) is 11.9. The molecule has 2 aromatic carbocycles. The number of aromatic nitrogens is 2. The van der Waals surface area contributed by atoms with E-state index in [0.29, 0.717) is 35.4 Å². The summed E-state index contributed by atoms with van der Waals surface area (Å²) in [6.07, 6.45) is 0. The number of pyridine rings is 2. The van der Waals surface area contributed by atoms with Crippen LogP contribution in [0.2, 0.25) is 0 Å². The molecule has 40 heavy (non-hydrogen) atoms. The zero-order chi connectivity index (χ0) is 29.0. The van der Waals surface area contributed by atoms with E-state index in [2.05, 4.69) is 28.5 Å². The minimum atomic E-state index is -4.23. The van der Waals surface area contributed by atoms with E-state index in [4.69, 9.17) is 9.47 Å². The van der Waals surface area contributed by atoms with Crippen molar-refractivity contribution in [2.45, 2.75) is 46.6 Å². The van der Waals surface area contributed by atoms with Crippen LogP contribution in [0.3, 0.4) is 0 Å². The maximum atomic E-state index is 13.3. The quantitative estimate of drug-likeness (QED) is 0.256. The van der Waals surface area contributed by atoms with Gasteiger partial charge in [-0.1, -0.05) is 49.7 Å². The van der Waals surface area contributed by atoms with Gasteiger partial charge in [-0.05, 0) is 81.1 Å². The molecule has 0 unspecified atom stereocenters. The van der Waals surface area contributed by atoms with Gasteiger partial charge in [-0.25, -0.2) is 14.7 Å². The van der Waals surface area contributed by atoms with Gasteiger partial charge in [0.2, 0.25) is 5.88 Å². The molecule has 0 saturated heterocycles. The molecule has 0 fully saturated rings. The van der Waals surface area contributed by atoms with E-state index < -0.39 is 15.9 Å². The molecule has 2 heterocycles. The average Bonchev–Trinajstić information content (AvgIpc) is 2.89. The van der Waals surface area contributed by atoms with Crippen LogP contribution >= 0.6 is 0 Å². The van der Waals surface area contributed by atoms with Crippen molar-refractivity contribution in [1.82, 2.24) is 14.7 Å². The summed E-state index contributed by atoms with van der Waals surface area (Å²) in [7, 11) is -4.23. The number of ether oxygens (including phenoxy) is 2. The van der Waals surface area contributed by atoms with E-state index >= 15 is 0 Å². The minimum absolute atomic E-state index is 0.0223. The van der Waals surface area contributed by atoms with E-state index in [9.17, 15) is 13.2 Å². The molecule has 2 aromatic heterocycles. The van der Waals surface area contributed by atoms with Crippen LogP contribution in [-0.2, 0) is 10.0 Å². The molecule has 9 heteroatoms. The van der Waals surface area contributed by atoms with Gasteiger partial charge in [0.05, 0.1) is 12.3 Å². The van der Waals surface area contributed by atoms with E-state index in [-0.39, 0.29) is 16.5 Å². The summed E-state index contributed by atoms with van der Waals surface area (Å²) < 4.78 is 40.1. The van der Waals surface area contributed by atoms with Gasteiger partial charge < -0.3 is 9.47 Å². The molecule has 1 N–H and O–H groups in total. The van der Waals surface area contributed by atoms with Gasteiger partial charge >= 0.3 is 0 Å². The highest BCUT2D eigenvalue weighted by molar-refractivity contribution is 7.90. The number of carbonyl (C=O) groups is 1. The van der Waals surface area contributed by atoms with Crippen molar-refractivity contribution in [2.75, 3.05) is 6.61 Å². The van der Waals surface area contributed by atoms with Crippen molar-refractivity contribution >= 4 is 15.9 Å². The molecule has 0 bridgehead atoms. The van der Waals surface area contributed by atoms with Crippen LogP contribution in [0.5, 0.6) is 17.4 Å². The number of nitrogens with one attached hydrogen (secondary N) is 1. The molecule has 0 aliphatic carbocycles. The molecule has 4 aromatic rings. The van der Waals surface area contributed by atoms with Crippen molar-refractivity contribution in [3.8, 4) is 28.6 Å². The monoisotopic (exact) mass is 559 g/mol. The lowest BCUT2D eigenvalue weighted by atomic mass is 10.1. The van der Waals surface area contributed by atoms with Crippen LogP contribution in [0.15, 0.2) is 71.8 Å². The standard InChI is InChI=1S/C31H33N3O5S/c1-19(2)18-38-25-11-8-10-24(17-25)27-14-13-26(30(35)34-40(36,37)28-12-7-9-23(6)32-28)31(33-27)39-29-21(4)15-20(3)16-22(29)5/h7-17,19H,18H2,1-6H3,(H,34,35). The summed E-state index contributed by atoms with van der Waals surface area (Å²) in [6, 6.07) is 19.1. The highest BCUT2D eigenvalue weighted by Crippen LogP contribution is 2.33. The smallest absolute Gasteiger partial charge is 0.281 e. The highest BCUT2D eigenvalue weighted by Gasteiger charge is 2.25. The SMILES string of the molecule is Cc1cc(C)c(Oc2nc(-c3cccc(OCC(C)C)c3)ccc2C(=O)NS(=O)(=O)c2cccc(C)n2)c(C)c1. The Bertz CT molecular complexity index is 1640. The molecule has 8 nitrogen and oxygen atoms in total. The summed E-state index contributed by atoms with van der Waals surface area (Å²) in [4.78, 5) is 22.1. The molecule has 0 atom stereocenters. The third kappa shape index (κ3) is 6.84. The second-order valence-corrected chi connectivity index (χ2v) is 11.8. The third-order valence-electron chi connectivity index (χ3n) is 5.99. The maximum Gasteiger partial charge on any atom is 0.281 e. The zero-order valence-corrected chi connectivity index (χ0v) is 24.3. The Morgan fingerprint density at radius 2 is 1.60 bits per heavy atom. The first-order valence-corrected chi connectivity index (χ1v) is 14.4. The van der Waals surface area contributed by atoms with Gasteiger partial charge in [-0.3, -0.25) is 4.79 Å². The van der Waals surface area contributed by atoms with E-state index in [0.717, 1.165) is 22.3 Å². The maximum absolute atomic E-state index is 13.3. The van der Waals surface area contributed by atoms with Crippen molar-refractivity contribution in [3.63, 3.8) is 0 Å². The number of benzene rings is 2. The van der Waals surface area contributed by atoms with Crippen LogP contribution < -0.4 is 14.2 Å². The normalized spacial score (nSPS) is 11.4. The molecule has 4 rings (SSSR count). The van der Waals surface area contributed by atoms with Crippen LogP contribution in [0.4, 0.5) is 0 Å². The van der Waals surface area contributed by atoms with Gasteiger partial charge in [0.25, 0.3) is 15.9 Å². The second-order valence-electron chi connectivity index (χ2n) is 10.2. The number of hydrogen-bond donors (Lipinski definition) is 1. The van der Waals surface area contributed by atoms with Gasteiger partial charge in [0, 0.05) is 11.3 Å². The number of nitrogens with zero attached hydrogens (tertiary/aromatic N) is 2. The lowest BCUT2D eigenvalue weighted by Gasteiger charge is -2.16. The van der Waals surface area contributed by atoms with Crippen molar-refractivity contribution < 1.29 is 22.7 Å². The van der Waals surface area contributed by atoms with Crippen LogP contribution in [0.25, 0.3) is 11.3 Å². The Morgan fingerprint density at radius 1 is 0.900 bits per heavy atom. The number of aryl methyl sites for hydroxylation is 4. The molecule has 0 radical (unpaired) electrons. The Kier molecular flexibility index (Phi) is 8.54. The van der Waals surface area contributed by atoms with Gasteiger partial charge in [0.15, 0.2) is 5.03 Å². The van der Waals surface area contributed by atoms with Crippen molar-refractivity contribution in [2.24, 2.45) is 5.92 Å². The summed E-state index contributed by atoms with van der Waals surface area (Å²) in [5.41, 5.74) is 4.55. The predicted molar refractivity (Wildman–Crippen MR) is 154 cm³/mol. The van der Waals surface area contributed by atoms with Gasteiger partial charge in [-0.15, -0.1) is 0 Å². The Morgan fingerprint density at radius 3 is 2.27 bits per heavy atom. The lowest BCUT2D eigenvalue weighted by molar-refractivity contribution is 0.0978. The molecule has 208 valence electrons. The first kappa shape index (κ1) is 28.8. The molecular weight excluding hydrogens is 526 g/mol. The first-order valence-electron chi connectivity index (χ1n) is 12.9. The zero-order valence-electron chi connectivity index (χ0n) is 23.5. The van der Waals surface area contributed by atoms with Gasteiger partial charge in [-0.2, -0.15) is 8.42 Å². The molecule has 0 saturated carbocycles. The largest absolute Gasteiger partial charge is 0.493 e. The van der Waals surface area contributed by atoms with E-state index in [1.807, 2.05) is 57.2 Å². The van der Waals surface area contributed by atoms with Crippen LogP contribution in [0, 0.1) is 33.6 Å². The summed E-state index contributed by atoms with van der Waals surface area (Å²) >= 11 is 0. The Hall–Kier alpha value is -4.24.